The standard InChI is InChI=1S/C20H41N5O.HI/c1-4-19-8-6-7-10-25(19)11-9-22-20(21-5-2)23-16-18(3)17-24-12-14-26-15-13-24;/h18-19H,4-17H2,1-3H3,(H2,21,22,23);1H. The Morgan fingerprint density at radius 3 is 2.63 bits per heavy atom. The van der Waals surface area contributed by atoms with Crippen LogP contribution in [0.15, 0.2) is 4.99 Å². The lowest BCUT2D eigenvalue weighted by Crippen LogP contribution is -2.46. The number of piperidine rings is 1. The van der Waals surface area contributed by atoms with Gasteiger partial charge in [-0.25, -0.2) is 0 Å². The summed E-state index contributed by atoms with van der Waals surface area (Å²) in [5.41, 5.74) is 0. The number of rotatable bonds is 9. The Balaban J connectivity index is 0.00000364. The average molecular weight is 495 g/mol. The van der Waals surface area contributed by atoms with E-state index in [-0.39, 0.29) is 24.0 Å². The van der Waals surface area contributed by atoms with Crippen LogP contribution in [0.1, 0.15) is 46.5 Å². The van der Waals surface area contributed by atoms with Crippen molar-refractivity contribution in [2.75, 3.05) is 65.6 Å². The predicted molar refractivity (Wildman–Crippen MR) is 125 cm³/mol. The highest BCUT2D eigenvalue weighted by Gasteiger charge is 2.20. The third-order valence-corrected chi connectivity index (χ3v) is 5.49. The molecule has 2 aliphatic rings. The maximum Gasteiger partial charge on any atom is 0.191 e. The molecule has 0 spiro atoms. The highest BCUT2D eigenvalue weighted by molar-refractivity contribution is 14.0. The number of morpholine rings is 1. The predicted octanol–water partition coefficient (Wildman–Crippen LogP) is 2.39. The fraction of sp³-hybridized carbons (Fsp3) is 0.950. The number of likely N-dealkylation sites (tertiary alicyclic amines) is 1. The zero-order chi connectivity index (χ0) is 18.6. The van der Waals surface area contributed by atoms with Gasteiger partial charge in [-0.2, -0.15) is 0 Å². The van der Waals surface area contributed by atoms with Crippen LogP contribution in [0.25, 0.3) is 0 Å². The van der Waals surface area contributed by atoms with E-state index < -0.39 is 0 Å². The maximum atomic E-state index is 5.43. The van der Waals surface area contributed by atoms with Crippen molar-refractivity contribution in [2.45, 2.75) is 52.5 Å². The molecule has 2 saturated heterocycles. The van der Waals surface area contributed by atoms with Crippen LogP contribution in [-0.4, -0.2) is 87.4 Å². The number of nitrogens with zero attached hydrogens (tertiary/aromatic N) is 3. The molecule has 0 aromatic carbocycles. The molecule has 0 radical (unpaired) electrons. The van der Waals surface area contributed by atoms with E-state index in [1.807, 2.05) is 0 Å². The van der Waals surface area contributed by atoms with Gasteiger partial charge < -0.3 is 15.4 Å². The fourth-order valence-electron chi connectivity index (χ4n) is 4.01. The highest BCUT2D eigenvalue weighted by Crippen LogP contribution is 2.18. The van der Waals surface area contributed by atoms with Crippen molar-refractivity contribution >= 4 is 29.9 Å². The van der Waals surface area contributed by atoms with E-state index in [0.29, 0.717) is 5.92 Å². The van der Waals surface area contributed by atoms with E-state index in [1.54, 1.807) is 0 Å². The van der Waals surface area contributed by atoms with Gasteiger partial charge in [-0.1, -0.05) is 20.3 Å². The Hall–Kier alpha value is -0.120. The second-order valence-electron chi connectivity index (χ2n) is 7.76. The normalized spacial score (nSPS) is 23.5. The van der Waals surface area contributed by atoms with Gasteiger partial charge in [0.05, 0.1) is 13.2 Å². The number of nitrogens with one attached hydrogen (secondary N) is 2. The number of aliphatic imine (C=N–C) groups is 1. The molecular formula is C20H42IN5O. The number of halogens is 1. The molecule has 6 nitrogen and oxygen atoms in total. The first-order valence-corrected chi connectivity index (χ1v) is 10.8. The van der Waals surface area contributed by atoms with E-state index >= 15 is 0 Å². The minimum atomic E-state index is 0. The fourth-order valence-corrected chi connectivity index (χ4v) is 4.01. The Morgan fingerprint density at radius 2 is 1.93 bits per heavy atom. The van der Waals surface area contributed by atoms with Crippen LogP contribution >= 0.6 is 24.0 Å². The third kappa shape index (κ3) is 9.76. The van der Waals surface area contributed by atoms with Gasteiger partial charge in [0.2, 0.25) is 0 Å². The first kappa shape index (κ1) is 24.9. The molecule has 2 heterocycles. The summed E-state index contributed by atoms with van der Waals surface area (Å²) in [7, 11) is 0. The summed E-state index contributed by atoms with van der Waals surface area (Å²) in [5.74, 6) is 1.53. The Labute approximate surface area is 183 Å². The summed E-state index contributed by atoms with van der Waals surface area (Å²) >= 11 is 0. The van der Waals surface area contributed by atoms with Crippen LogP contribution in [0, 0.1) is 5.92 Å². The lowest BCUT2D eigenvalue weighted by Gasteiger charge is -2.35. The highest BCUT2D eigenvalue weighted by atomic mass is 127. The molecule has 27 heavy (non-hydrogen) atoms. The molecule has 0 aromatic rings. The topological polar surface area (TPSA) is 52.1 Å². The molecular weight excluding hydrogens is 453 g/mol. The Kier molecular flexibility index (Phi) is 13.7. The molecule has 0 saturated carbocycles. The van der Waals surface area contributed by atoms with Crippen LogP contribution in [0.4, 0.5) is 0 Å². The zero-order valence-electron chi connectivity index (χ0n) is 17.7. The van der Waals surface area contributed by atoms with Crippen LogP contribution in [0.3, 0.4) is 0 Å². The van der Waals surface area contributed by atoms with Gasteiger partial charge >= 0.3 is 0 Å². The number of hydrogen-bond donors (Lipinski definition) is 2. The van der Waals surface area contributed by atoms with E-state index in [4.69, 9.17) is 9.73 Å². The van der Waals surface area contributed by atoms with Crippen molar-refractivity contribution in [2.24, 2.45) is 10.9 Å². The molecule has 2 unspecified atom stereocenters. The van der Waals surface area contributed by atoms with Crippen molar-refractivity contribution in [3.05, 3.63) is 0 Å². The molecule has 7 heteroatoms. The van der Waals surface area contributed by atoms with Gasteiger partial charge in [0.15, 0.2) is 5.96 Å². The molecule has 2 rings (SSSR count). The van der Waals surface area contributed by atoms with Crippen LogP contribution in [0.5, 0.6) is 0 Å². The molecule has 2 fully saturated rings. The second kappa shape index (κ2) is 14.8. The molecule has 0 bridgehead atoms. The first-order chi connectivity index (χ1) is 12.7. The van der Waals surface area contributed by atoms with E-state index in [9.17, 15) is 0 Å². The maximum absolute atomic E-state index is 5.43. The van der Waals surface area contributed by atoms with Gasteiger partial charge in [-0.15, -0.1) is 24.0 Å². The summed E-state index contributed by atoms with van der Waals surface area (Å²) in [6.45, 7) is 16.8. The largest absolute Gasteiger partial charge is 0.379 e. The molecule has 0 aliphatic carbocycles. The van der Waals surface area contributed by atoms with Crippen LogP contribution < -0.4 is 10.6 Å². The number of guanidine groups is 1. The van der Waals surface area contributed by atoms with Crippen molar-refractivity contribution in [3.8, 4) is 0 Å². The molecule has 0 amide bonds. The summed E-state index contributed by atoms with van der Waals surface area (Å²) in [6.07, 6.45) is 5.38. The van der Waals surface area contributed by atoms with Crippen molar-refractivity contribution in [1.29, 1.82) is 0 Å². The SMILES string of the molecule is CCNC(=NCC(C)CN1CCOCC1)NCCN1CCCCC1CC.I. The average Bonchev–Trinajstić information content (AvgIpc) is 2.67. The van der Waals surface area contributed by atoms with Gasteiger partial charge in [0.1, 0.15) is 0 Å². The monoisotopic (exact) mass is 495 g/mol. The van der Waals surface area contributed by atoms with Crippen molar-refractivity contribution in [1.82, 2.24) is 20.4 Å². The minimum absolute atomic E-state index is 0. The molecule has 0 aromatic heterocycles. The second-order valence-corrected chi connectivity index (χ2v) is 7.76. The van der Waals surface area contributed by atoms with Gasteiger partial charge in [-0.05, 0) is 38.6 Å². The number of ether oxygens (including phenoxy) is 1. The third-order valence-electron chi connectivity index (χ3n) is 5.49. The van der Waals surface area contributed by atoms with Gasteiger partial charge in [0, 0.05) is 51.9 Å². The molecule has 2 atom stereocenters. The zero-order valence-corrected chi connectivity index (χ0v) is 20.0. The molecule has 2 aliphatic heterocycles. The summed E-state index contributed by atoms with van der Waals surface area (Å²) in [4.78, 5) is 9.96. The quantitative estimate of drug-likeness (QED) is 0.292. The lowest BCUT2D eigenvalue weighted by molar-refractivity contribution is 0.0323. The van der Waals surface area contributed by atoms with E-state index in [0.717, 1.165) is 71.0 Å². The van der Waals surface area contributed by atoms with Crippen LogP contribution in [0.2, 0.25) is 0 Å². The summed E-state index contributed by atoms with van der Waals surface area (Å²) in [5, 5.41) is 6.93. The lowest BCUT2D eigenvalue weighted by atomic mass is 10.0. The van der Waals surface area contributed by atoms with Crippen molar-refractivity contribution in [3.63, 3.8) is 0 Å². The number of hydrogen-bond acceptors (Lipinski definition) is 4. The Morgan fingerprint density at radius 1 is 1.15 bits per heavy atom. The minimum Gasteiger partial charge on any atom is -0.379 e. The van der Waals surface area contributed by atoms with E-state index in [1.165, 1.54) is 32.2 Å². The summed E-state index contributed by atoms with van der Waals surface area (Å²) < 4.78 is 5.43. The molecule has 160 valence electrons. The molecule has 2 N–H and O–H groups in total. The smallest absolute Gasteiger partial charge is 0.191 e. The van der Waals surface area contributed by atoms with Gasteiger partial charge in [0.25, 0.3) is 0 Å². The van der Waals surface area contributed by atoms with E-state index in [2.05, 4.69) is 41.2 Å². The van der Waals surface area contributed by atoms with Crippen molar-refractivity contribution < 1.29 is 4.74 Å². The van der Waals surface area contributed by atoms with Gasteiger partial charge in [-0.3, -0.25) is 14.8 Å². The Bertz CT molecular complexity index is 404. The summed E-state index contributed by atoms with van der Waals surface area (Å²) in [6, 6.07) is 0.776. The first-order valence-electron chi connectivity index (χ1n) is 10.8. The van der Waals surface area contributed by atoms with Crippen LogP contribution in [-0.2, 0) is 4.74 Å².